The van der Waals surface area contributed by atoms with Crippen LogP contribution >= 0.6 is 0 Å². The largest absolute Gasteiger partial charge is 0.389 e. The van der Waals surface area contributed by atoms with Crippen LogP contribution in [0.5, 0.6) is 0 Å². The fourth-order valence-corrected chi connectivity index (χ4v) is 2.04. The van der Waals surface area contributed by atoms with Crippen LogP contribution in [0, 0.1) is 0 Å². The van der Waals surface area contributed by atoms with Gasteiger partial charge in [0.1, 0.15) is 0 Å². The van der Waals surface area contributed by atoms with Gasteiger partial charge in [-0.3, -0.25) is 0 Å². The number of aliphatic hydroxyl groups is 1. The fraction of sp³-hybridized carbons (Fsp3) is 0.562. The average molecular weight is 278 g/mol. The summed E-state index contributed by atoms with van der Waals surface area (Å²) in [4.78, 5) is 13.6. The fourth-order valence-electron chi connectivity index (χ4n) is 2.04. The summed E-state index contributed by atoms with van der Waals surface area (Å²) in [5.41, 5.74) is 0.419. The smallest absolute Gasteiger partial charge is 0.317 e. The predicted molar refractivity (Wildman–Crippen MR) is 81.7 cm³/mol. The van der Waals surface area contributed by atoms with E-state index in [1.54, 1.807) is 18.7 Å². The Balaban J connectivity index is 2.28. The van der Waals surface area contributed by atoms with Crippen LogP contribution in [0.4, 0.5) is 4.79 Å². The third-order valence-electron chi connectivity index (χ3n) is 3.01. The van der Waals surface area contributed by atoms with Crippen molar-refractivity contribution >= 4 is 6.03 Å². The second kappa shape index (κ2) is 7.90. The summed E-state index contributed by atoms with van der Waals surface area (Å²) >= 11 is 0. The maximum absolute atomic E-state index is 12.0. The van der Waals surface area contributed by atoms with Gasteiger partial charge in [0.2, 0.25) is 0 Å². The average Bonchev–Trinajstić information content (AvgIpc) is 2.41. The number of benzene rings is 1. The van der Waals surface area contributed by atoms with Crippen LogP contribution in [-0.2, 0) is 6.42 Å². The highest BCUT2D eigenvalue weighted by atomic mass is 16.3. The lowest BCUT2D eigenvalue weighted by Gasteiger charge is -2.28. The quantitative estimate of drug-likeness (QED) is 0.753. The molecule has 1 aromatic rings. The van der Waals surface area contributed by atoms with Crippen LogP contribution in [0.3, 0.4) is 0 Å². The molecular formula is C16H26N2O2. The van der Waals surface area contributed by atoms with Gasteiger partial charge in [-0.15, -0.1) is 0 Å². The summed E-state index contributed by atoms with van der Waals surface area (Å²) in [6.45, 7) is 6.91. The number of rotatable bonds is 7. The third kappa shape index (κ3) is 6.57. The van der Waals surface area contributed by atoms with Crippen LogP contribution in [0.2, 0.25) is 0 Å². The predicted octanol–water partition coefficient (Wildman–Crippen LogP) is 2.42. The van der Waals surface area contributed by atoms with Crippen molar-refractivity contribution in [2.45, 2.75) is 39.2 Å². The number of nitrogens with zero attached hydrogens (tertiary/aromatic N) is 1. The molecule has 0 aliphatic rings. The molecule has 0 fully saturated rings. The summed E-state index contributed by atoms with van der Waals surface area (Å²) in [5, 5.41) is 12.7. The van der Waals surface area contributed by atoms with Gasteiger partial charge in [0.25, 0.3) is 0 Å². The molecule has 0 heterocycles. The zero-order chi connectivity index (χ0) is 15.0. The van der Waals surface area contributed by atoms with Gasteiger partial charge in [-0.25, -0.2) is 4.79 Å². The first kappa shape index (κ1) is 16.5. The Morgan fingerprint density at radius 3 is 2.50 bits per heavy atom. The van der Waals surface area contributed by atoms with Gasteiger partial charge in [0.05, 0.1) is 12.1 Å². The molecule has 1 rings (SSSR count). The summed E-state index contributed by atoms with van der Waals surface area (Å²) in [6, 6.07) is 10.1. The van der Waals surface area contributed by atoms with Crippen LogP contribution in [0.25, 0.3) is 0 Å². The summed E-state index contributed by atoms with van der Waals surface area (Å²) in [6.07, 6.45) is 1.87. The van der Waals surface area contributed by atoms with Gasteiger partial charge in [0, 0.05) is 13.1 Å². The van der Waals surface area contributed by atoms with E-state index in [2.05, 4.69) is 17.4 Å². The van der Waals surface area contributed by atoms with Crippen molar-refractivity contribution in [2.75, 3.05) is 19.6 Å². The van der Waals surface area contributed by atoms with E-state index in [1.807, 2.05) is 25.1 Å². The standard InChI is InChI=1S/C16H26N2O2/c1-4-18(13-16(2,3)20)15(19)17-12-8-11-14-9-6-5-7-10-14/h5-7,9-10,20H,4,8,11-13H2,1-3H3,(H,17,19). The van der Waals surface area contributed by atoms with E-state index >= 15 is 0 Å². The Morgan fingerprint density at radius 1 is 1.30 bits per heavy atom. The van der Waals surface area contributed by atoms with Crippen molar-refractivity contribution in [3.63, 3.8) is 0 Å². The van der Waals surface area contributed by atoms with Crippen molar-refractivity contribution < 1.29 is 9.90 Å². The molecule has 0 atom stereocenters. The van der Waals surface area contributed by atoms with E-state index in [1.165, 1.54) is 5.56 Å². The van der Waals surface area contributed by atoms with E-state index in [0.29, 0.717) is 19.6 Å². The Bertz CT molecular complexity index is 399. The summed E-state index contributed by atoms with van der Waals surface area (Å²) in [7, 11) is 0. The first-order chi connectivity index (χ1) is 9.42. The van der Waals surface area contributed by atoms with Crippen molar-refractivity contribution in [2.24, 2.45) is 0 Å². The molecule has 0 radical (unpaired) electrons. The van der Waals surface area contributed by atoms with Crippen molar-refractivity contribution in [3.8, 4) is 0 Å². The Hall–Kier alpha value is -1.55. The molecule has 2 N–H and O–H groups in total. The van der Waals surface area contributed by atoms with Gasteiger partial charge < -0.3 is 15.3 Å². The molecule has 0 aliphatic heterocycles. The van der Waals surface area contributed by atoms with Crippen molar-refractivity contribution in [1.29, 1.82) is 0 Å². The first-order valence-corrected chi connectivity index (χ1v) is 7.21. The van der Waals surface area contributed by atoms with Gasteiger partial charge in [0.15, 0.2) is 0 Å². The Morgan fingerprint density at radius 2 is 1.95 bits per heavy atom. The lowest BCUT2D eigenvalue weighted by molar-refractivity contribution is 0.0480. The van der Waals surface area contributed by atoms with E-state index in [0.717, 1.165) is 12.8 Å². The van der Waals surface area contributed by atoms with Crippen LogP contribution in [0.1, 0.15) is 32.8 Å². The lowest BCUT2D eigenvalue weighted by Crippen LogP contribution is -2.47. The molecule has 20 heavy (non-hydrogen) atoms. The van der Waals surface area contributed by atoms with Crippen molar-refractivity contribution in [1.82, 2.24) is 10.2 Å². The highest BCUT2D eigenvalue weighted by molar-refractivity contribution is 5.74. The van der Waals surface area contributed by atoms with Crippen LogP contribution < -0.4 is 5.32 Å². The second-order valence-electron chi connectivity index (χ2n) is 5.65. The number of likely N-dealkylation sites (N-methyl/N-ethyl adjacent to an activating group) is 1. The Labute approximate surface area is 121 Å². The number of urea groups is 1. The maximum Gasteiger partial charge on any atom is 0.317 e. The summed E-state index contributed by atoms with van der Waals surface area (Å²) < 4.78 is 0. The molecule has 2 amide bonds. The normalized spacial score (nSPS) is 11.2. The number of hydrogen-bond acceptors (Lipinski definition) is 2. The van der Waals surface area contributed by atoms with Gasteiger partial charge in [-0.05, 0) is 39.2 Å². The van der Waals surface area contributed by atoms with E-state index in [9.17, 15) is 9.90 Å². The van der Waals surface area contributed by atoms with Gasteiger partial charge in [-0.1, -0.05) is 30.3 Å². The number of nitrogens with one attached hydrogen (secondary N) is 1. The van der Waals surface area contributed by atoms with E-state index < -0.39 is 5.60 Å². The Kier molecular flexibility index (Phi) is 6.52. The highest BCUT2D eigenvalue weighted by Crippen LogP contribution is 2.05. The van der Waals surface area contributed by atoms with E-state index in [4.69, 9.17) is 0 Å². The second-order valence-corrected chi connectivity index (χ2v) is 5.65. The molecular weight excluding hydrogens is 252 g/mol. The molecule has 4 heteroatoms. The molecule has 0 bridgehead atoms. The molecule has 0 saturated carbocycles. The molecule has 0 aromatic heterocycles. The molecule has 0 aliphatic carbocycles. The summed E-state index contributed by atoms with van der Waals surface area (Å²) in [5.74, 6) is 0. The minimum absolute atomic E-state index is 0.109. The van der Waals surface area contributed by atoms with Crippen LogP contribution in [-0.4, -0.2) is 41.3 Å². The minimum atomic E-state index is -0.864. The van der Waals surface area contributed by atoms with Crippen molar-refractivity contribution in [3.05, 3.63) is 35.9 Å². The monoisotopic (exact) mass is 278 g/mol. The molecule has 0 unspecified atom stereocenters. The number of aryl methyl sites for hydroxylation is 1. The number of carbonyl (C=O) groups is 1. The van der Waals surface area contributed by atoms with Gasteiger partial charge >= 0.3 is 6.03 Å². The zero-order valence-corrected chi connectivity index (χ0v) is 12.7. The lowest BCUT2D eigenvalue weighted by atomic mass is 10.1. The molecule has 112 valence electrons. The van der Waals surface area contributed by atoms with Crippen LogP contribution in [0.15, 0.2) is 30.3 Å². The third-order valence-corrected chi connectivity index (χ3v) is 3.01. The molecule has 0 spiro atoms. The van der Waals surface area contributed by atoms with E-state index in [-0.39, 0.29) is 6.03 Å². The topological polar surface area (TPSA) is 52.6 Å². The first-order valence-electron chi connectivity index (χ1n) is 7.21. The maximum atomic E-state index is 12.0. The molecule has 1 aromatic carbocycles. The van der Waals surface area contributed by atoms with Gasteiger partial charge in [-0.2, -0.15) is 0 Å². The molecule has 4 nitrogen and oxygen atoms in total. The minimum Gasteiger partial charge on any atom is -0.389 e. The highest BCUT2D eigenvalue weighted by Gasteiger charge is 2.20. The SMILES string of the molecule is CCN(CC(C)(C)O)C(=O)NCCCc1ccccc1. The zero-order valence-electron chi connectivity index (χ0n) is 12.7. The molecule has 0 saturated heterocycles. The number of amides is 2. The number of carbonyl (C=O) groups excluding carboxylic acids is 1. The number of hydrogen-bond donors (Lipinski definition) is 2.